The Kier molecular flexibility index (Phi) is 4.61. The van der Waals surface area contributed by atoms with Gasteiger partial charge in [-0.25, -0.2) is 0 Å². The van der Waals surface area contributed by atoms with Gasteiger partial charge in [0.15, 0.2) is 0 Å². The Labute approximate surface area is 109 Å². The van der Waals surface area contributed by atoms with Crippen molar-refractivity contribution in [3.8, 4) is 5.75 Å². The van der Waals surface area contributed by atoms with Crippen molar-refractivity contribution >= 4 is 0 Å². The Hall–Kier alpha value is -1.06. The van der Waals surface area contributed by atoms with E-state index >= 15 is 0 Å². The molecule has 0 saturated carbocycles. The van der Waals surface area contributed by atoms with Gasteiger partial charge in [-0.15, -0.1) is 0 Å². The molecule has 0 spiro atoms. The van der Waals surface area contributed by atoms with Crippen LogP contribution in [0.25, 0.3) is 0 Å². The van der Waals surface area contributed by atoms with Crippen molar-refractivity contribution in [1.29, 1.82) is 0 Å². The van der Waals surface area contributed by atoms with Gasteiger partial charge in [-0.05, 0) is 30.0 Å². The lowest BCUT2D eigenvalue weighted by molar-refractivity contribution is 0.308. The number of hydrogen-bond donors (Lipinski definition) is 1. The van der Waals surface area contributed by atoms with Gasteiger partial charge in [0.25, 0.3) is 0 Å². The van der Waals surface area contributed by atoms with Crippen molar-refractivity contribution in [2.75, 3.05) is 13.7 Å². The summed E-state index contributed by atoms with van der Waals surface area (Å²) in [5, 5.41) is 3.60. The first kappa shape index (κ1) is 13.4. The first-order chi connectivity index (χ1) is 8.69. The van der Waals surface area contributed by atoms with Gasteiger partial charge in [0.1, 0.15) is 5.75 Å². The van der Waals surface area contributed by atoms with Crippen LogP contribution < -0.4 is 10.1 Å². The molecule has 100 valence electrons. The molecule has 1 aliphatic rings. The van der Waals surface area contributed by atoms with Gasteiger partial charge in [-0.2, -0.15) is 0 Å². The zero-order chi connectivity index (χ0) is 13.0. The van der Waals surface area contributed by atoms with E-state index in [-0.39, 0.29) is 0 Å². The van der Waals surface area contributed by atoms with Crippen LogP contribution >= 0.6 is 0 Å². The maximum absolute atomic E-state index is 5.41. The summed E-state index contributed by atoms with van der Waals surface area (Å²) >= 11 is 0. The molecule has 1 heterocycles. The van der Waals surface area contributed by atoms with Crippen LogP contribution in [0.3, 0.4) is 0 Å². The minimum Gasteiger partial charge on any atom is -0.497 e. The normalized spacial score (nSPS) is 19.9. The predicted molar refractivity (Wildman–Crippen MR) is 72.8 cm³/mol. The van der Waals surface area contributed by atoms with E-state index in [0.29, 0.717) is 18.1 Å². The van der Waals surface area contributed by atoms with Crippen LogP contribution in [0, 0.1) is 5.92 Å². The number of benzene rings is 1. The molecular formula is C15H23NO2. The van der Waals surface area contributed by atoms with E-state index in [9.17, 15) is 0 Å². The SMILES string of the molecule is COc1ccc(CN[C@@H](CC(C)C)[C@H]2CO2)cc1. The highest BCUT2D eigenvalue weighted by molar-refractivity contribution is 5.27. The second kappa shape index (κ2) is 6.21. The van der Waals surface area contributed by atoms with Crippen LogP contribution in [-0.2, 0) is 11.3 Å². The lowest BCUT2D eigenvalue weighted by Gasteiger charge is -2.18. The summed E-state index contributed by atoms with van der Waals surface area (Å²) in [7, 11) is 1.69. The minimum absolute atomic E-state index is 0.422. The number of hydrogen-bond acceptors (Lipinski definition) is 3. The Balaban J connectivity index is 1.84. The lowest BCUT2D eigenvalue weighted by Crippen LogP contribution is -2.34. The molecule has 3 heteroatoms. The minimum atomic E-state index is 0.422. The fourth-order valence-electron chi connectivity index (χ4n) is 2.15. The Morgan fingerprint density at radius 2 is 2.00 bits per heavy atom. The number of methoxy groups -OCH3 is 1. The summed E-state index contributed by atoms with van der Waals surface area (Å²) in [4.78, 5) is 0. The lowest BCUT2D eigenvalue weighted by atomic mass is 10.0. The second-order valence-electron chi connectivity index (χ2n) is 5.34. The molecule has 0 aromatic heterocycles. The highest BCUT2D eigenvalue weighted by atomic mass is 16.6. The van der Waals surface area contributed by atoms with Gasteiger partial charge in [0.2, 0.25) is 0 Å². The van der Waals surface area contributed by atoms with Gasteiger partial charge in [-0.3, -0.25) is 0 Å². The molecular weight excluding hydrogens is 226 g/mol. The second-order valence-corrected chi connectivity index (χ2v) is 5.34. The largest absolute Gasteiger partial charge is 0.497 e. The Bertz CT molecular complexity index is 357. The van der Waals surface area contributed by atoms with Crippen molar-refractivity contribution in [2.24, 2.45) is 5.92 Å². The highest BCUT2D eigenvalue weighted by Gasteiger charge is 2.32. The highest BCUT2D eigenvalue weighted by Crippen LogP contribution is 2.20. The van der Waals surface area contributed by atoms with E-state index in [1.54, 1.807) is 7.11 Å². The number of rotatable bonds is 7. The zero-order valence-corrected chi connectivity index (χ0v) is 11.5. The van der Waals surface area contributed by atoms with Crippen molar-refractivity contribution in [3.63, 3.8) is 0 Å². The van der Waals surface area contributed by atoms with Crippen LogP contribution in [0.1, 0.15) is 25.8 Å². The van der Waals surface area contributed by atoms with Crippen LogP contribution in [0.2, 0.25) is 0 Å². The molecule has 1 aromatic carbocycles. The third-order valence-electron chi connectivity index (χ3n) is 3.26. The molecule has 18 heavy (non-hydrogen) atoms. The Morgan fingerprint density at radius 3 is 2.50 bits per heavy atom. The molecule has 0 bridgehead atoms. The van der Waals surface area contributed by atoms with Crippen molar-refractivity contribution in [2.45, 2.75) is 39.0 Å². The van der Waals surface area contributed by atoms with E-state index in [1.165, 1.54) is 12.0 Å². The average Bonchev–Trinajstić information content (AvgIpc) is 3.19. The van der Waals surface area contributed by atoms with Crippen LogP contribution in [0.4, 0.5) is 0 Å². The molecule has 0 aliphatic carbocycles. The molecule has 2 atom stereocenters. The fourth-order valence-corrected chi connectivity index (χ4v) is 2.15. The van der Waals surface area contributed by atoms with Gasteiger partial charge < -0.3 is 14.8 Å². The van der Waals surface area contributed by atoms with E-state index in [1.807, 2.05) is 12.1 Å². The molecule has 1 N–H and O–H groups in total. The summed E-state index contributed by atoms with van der Waals surface area (Å²) in [6.45, 7) is 6.31. The smallest absolute Gasteiger partial charge is 0.118 e. The standard InChI is InChI=1S/C15H23NO2/c1-11(2)8-14(15-10-18-15)16-9-12-4-6-13(17-3)7-5-12/h4-7,11,14-16H,8-10H2,1-3H3/t14-,15+/m0/s1. The summed E-state index contributed by atoms with van der Waals surface area (Å²) in [6, 6.07) is 8.69. The summed E-state index contributed by atoms with van der Waals surface area (Å²) < 4.78 is 10.6. The van der Waals surface area contributed by atoms with Crippen molar-refractivity contribution in [1.82, 2.24) is 5.32 Å². The molecule has 1 saturated heterocycles. The zero-order valence-electron chi connectivity index (χ0n) is 11.5. The van der Waals surface area contributed by atoms with Crippen LogP contribution in [0.15, 0.2) is 24.3 Å². The third-order valence-corrected chi connectivity index (χ3v) is 3.26. The molecule has 0 unspecified atom stereocenters. The van der Waals surface area contributed by atoms with Crippen molar-refractivity contribution in [3.05, 3.63) is 29.8 Å². The monoisotopic (exact) mass is 249 g/mol. The number of epoxide rings is 1. The molecule has 0 radical (unpaired) electrons. The van der Waals surface area contributed by atoms with Gasteiger partial charge in [-0.1, -0.05) is 26.0 Å². The maximum Gasteiger partial charge on any atom is 0.118 e. The summed E-state index contributed by atoms with van der Waals surface area (Å²) in [5.74, 6) is 1.60. The quantitative estimate of drug-likeness (QED) is 0.754. The van der Waals surface area contributed by atoms with E-state index in [0.717, 1.165) is 18.9 Å². The summed E-state index contributed by atoms with van der Waals surface area (Å²) in [6.07, 6.45) is 1.59. The molecule has 3 nitrogen and oxygen atoms in total. The van der Waals surface area contributed by atoms with Crippen molar-refractivity contribution < 1.29 is 9.47 Å². The number of nitrogens with one attached hydrogen (secondary N) is 1. The van der Waals surface area contributed by atoms with E-state index < -0.39 is 0 Å². The van der Waals surface area contributed by atoms with Crippen LogP contribution in [0.5, 0.6) is 5.75 Å². The average molecular weight is 249 g/mol. The first-order valence-corrected chi connectivity index (χ1v) is 6.67. The maximum atomic E-state index is 5.41. The molecule has 2 rings (SSSR count). The van der Waals surface area contributed by atoms with Crippen LogP contribution in [-0.4, -0.2) is 25.9 Å². The molecule has 1 aliphatic heterocycles. The first-order valence-electron chi connectivity index (χ1n) is 6.67. The third kappa shape index (κ3) is 4.00. The summed E-state index contributed by atoms with van der Waals surface area (Å²) in [5.41, 5.74) is 1.28. The Morgan fingerprint density at radius 1 is 1.33 bits per heavy atom. The fraction of sp³-hybridized carbons (Fsp3) is 0.600. The molecule has 1 fully saturated rings. The van der Waals surface area contributed by atoms with E-state index in [2.05, 4.69) is 31.3 Å². The molecule has 1 aromatic rings. The van der Waals surface area contributed by atoms with Gasteiger partial charge >= 0.3 is 0 Å². The molecule has 0 amide bonds. The van der Waals surface area contributed by atoms with E-state index in [4.69, 9.17) is 9.47 Å². The van der Waals surface area contributed by atoms with Gasteiger partial charge in [0.05, 0.1) is 19.8 Å². The predicted octanol–water partition coefficient (Wildman–Crippen LogP) is 2.60. The number of ether oxygens (including phenoxy) is 2. The van der Waals surface area contributed by atoms with Gasteiger partial charge in [0, 0.05) is 12.6 Å². The topological polar surface area (TPSA) is 33.8 Å².